The first-order chi connectivity index (χ1) is 8.02. The van der Waals surface area contributed by atoms with Crippen molar-refractivity contribution in [3.05, 3.63) is 29.8 Å². The number of carbonyl (C=O) groups is 1. The fourth-order valence-corrected chi connectivity index (χ4v) is 1.24. The molecule has 0 saturated carbocycles. The van der Waals surface area contributed by atoms with E-state index in [1.165, 1.54) is 0 Å². The molecular weight excluding hydrogens is 240 g/mol. The second kappa shape index (κ2) is 6.25. The molecule has 0 aromatic heterocycles. The van der Waals surface area contributed by atoms with Crippen LogP contribution in [-0.2, 0) is 4.74 Å². The van der Waals surface area contributed by atoms with E-state index in [9.17, 15) is 4.79 Å². The number of alkyl halides is 1. The van der Waals surface area contributed by atoms with E-state index in [4.69, 9.17) is 22.1 Å². The number of carbonyl (C=O) groups excluding carboxylic acids is 1. The van der Waals surface area contributed by atoms with Gasteiger partial charge in [-0.2, -0.15) is 0 Å². The summed E-state index contributed by atoms with van der Waals surface area (Å²) in [5.41, 5.74) is 6.54. The predicted octanol–water partition coefficient (Wildman–Crippen LogP) is 2.48. The van der Waals surface area contributed by atoms with Crippen LogP contribution in [0.5, 0.6) is 0 Å². The fraction of sp³-hybridized carbons (Fsp3) is 0.333. The second-order valence-electron chi connectivity index (χ2n) is 3.74. The monoisotopic (exact) mass is 254 g/mol. The molecular formula is C12H15ClN2O2. The van der Waals surface area contributed by atoms with Gasteiger partial charge in [0.05, 0.1) is 23.2 Å². The third-order valence-corrected chi connectivity index (χ3v) is 2.11. The maximum absolute atomic E-state index is 11.6. The van der Waals surface area contributed by atoms with Crippen molar-refractivity contribution in [2.24, 2.45) is 10.7 Å². The van der Waals surface area contributed by atoms with Gasteiger partial charge in [0.15, 0.2) is 0 Å². The summed E-state index contributed by atoms with van der Waals surface area (Å²) in [4.78, 5) is 15.7. The number of ether oxygens (including phenoxy) is 1. The van der Waals surface area contributed by atoms with Gasteiger partial charge < -0.3 is 10.5 Å². The molecule has 2 N–H and O–H groups in total. The number of rotatable bonds is 4. The molecule has 5 heteroatoms. The average molecular weight is 255 g/mol. The summed E-state index contributed by atoms with van der Waals surface area (Å²) in [5, 5.41) is 0. The zero-order chi connectivity index (χ0) is 12.8. The zero-order valence-electron chi connectivity index (χ0n) is 9.81. The topological polar surface area (TPSA) is 64.7 Å². The minimum Gasteiger partial charge on any atom is -0.459 e. The lowest BCUT2D eigenvalue weighted by atomic mass is 10.2. The standard InChI is InChI=1S/C12H15ClN2O2/c1-8(2)17-12(16)9-4-3-5-10(6-9)15-11(14)7-13/h3-6,8H,7H2,1-2H3,(H2,14,15). The Balaban J connectivity index is 2.89. The number of amidine groups is 1. The van der Waals surface area contributed by atoms with Crippen molar-refractivity contribution in [2.45, 2.75) is 20.0 Å². The Bertz CT molecular complexity index is 430. The van der Waals surface area contributed by atoms with Gasteiger partial charge in [0.2, 0.25) is 0 Å². The normalized spacial score (nSPS) is 11.6. The van der Waals surface area contributed by atoms with Crippen LogP contribution in [0.25, 0.3) is 0 Å². The molecule has 92 valence electrons. The van der Waals surface area contributed by atoms with Crippen molar-refractivity contribution in [3.63, 3.8) is 0 Å². The van der Waals surface area contributed by atoms with Crippen molar-refractivity contribution >= 4 is 29.1 Å². The molecule has 0 aliphatic heterocycles. The average Bonchev–Trinajstić information content (AvgIpc) is 2.28. The lowest BCUT2D eigenvalue weighted by Crippen LogP contribution is -2.13. The highest BCUT2D eigenvalue weighted by atomic mass is 35.5. The minimum atomic E-state index is -0.374. The molecule has 0 unspecified atom stereocenters. The molecule has 1 aromatic rings. The quantitative estimate of drug-likeness (QED) is 0.389. The Morgan fingerprint density at radius 1 is 1.53 bits per heavy atom. The summed E-state index contributed by atoms with van der Waals surface area (Å²) in [7, 11) is 0. The highest BCUT2D eigenvalue weighted by molar-refractivity contribution is 6.28. The van der Waals surface area contributed by atoms with Gasteiger partial charge in [0.25, 0.3) is 0 Å². The molecule has 0 radical (unpaired) electrons. The molecule has 0 saturated heterocycles. The van der Waals surface area contributed by atoms with Gasteiger partial charge in [-0.1, -0.05) is 6.07 Å². The predicted molar refractivity (Wildman–Crippen MR) is 69.0 cm³/mol. The minimum absolute atomic E-state index is 0.150. The van der Waals surface area contributed by atoms with E-state index in [2.05, 4.69) is 4.99 Å². The zero-order valence-corrected chi connectivity index (χ0v) is 10.6. The van der Waals surface area contributed by atoms with Gasteiger partial charge in [0.1, 0.15) is 5.84 Å². The molecule has 0 atom stereocenters. The van der Waals surface area contributed by atoms with Gasteiger partial charge >= 0.3 is 5.97 Å². The van der Waals surface area contributed by atoms with Crippen LogP contribution in [0.1, 0.15) is 24.2 Å². The van der Waals surface area contributed by atoms with Crippen LogP contribution in [0.3, 0.4) is 0 Å². The maximum Gasteiger partial charge on any atom is 0.338 e. The van der Waals surface area contributed by atoms with E-state index >= 15 is 0 Å². The van der Waals surface area contributed by atoms with Crippen LogP contribution in [0, 0.1) is 0 Å². The summed E-state index contributed by atoms with van der Waals surface area (Å²) >= 11 is 5.53. The second-order valence-corrected chi connectivity index (χ2v) is 4.01. The van der Waals surface area contributed by atoms with Crippen LogP contribution in [0.15, 0.2) is 29.3 Å². The summed E-state index contributed by atoms with van der Waals surface area (Å²) in [6.45, 7) is 3.59. The molecule has 1 aromatic carbocycles. The van der Waals surface area contributed by atoms with Crippen LogP contribution in [0.2, 0.25) is 0 Å². The fourth-order valence-electron chi connectivity index (χ4n) is 1.18. The SMILES string of the molecule is CC(C)OC(=O)c1cccc(N=C(N)CCl)c1. The molecule has 4 nitrogen and oxygen atoms in total. The third kappa shape index (κ3) is 4.44. The van der Waals surface area contributed by atoms with E-state index < -0.39 is 0 Å². The summed E-state index contributed by atoms with van der Waals surface area (Å²) in [6.07, 6.45) is -0.150. The summed E-state index contributed by atoms with van der Waals surface area (Å²) in [6, 6.07) is 6.74. The van der Waals surface area contributed by atoms with E-state index in [0.29, 0.717) is 17.1 Å². The Morgan fingerprint density at radius 3 is 2.82 bits per heavy atom. The number of nitrogens with zero attached hydrogens (tertiary/aromatic N) is 1. The number of nitrogens with two attached hydrogens (primary N) is 1. The molecule has 17 heavy (non-hydrogen) atoms. The molecule has 0 bridgehead atoms. The first-order valence-corrected chi connectivity index (χ1v) is 5.76. The van der Waals surface area contributed by atoms with Crippen LogP contribution in [0.4, 0.5) is 5.69 Å². The van der Waals surface area contributed by atoms with Gasteiger partial charge in [-0.15, -0.1) is 11.6 Å². The van der Waals surface area contributed by atoms with Gasteiger partial charge in [-0.25, -0.2) is 9.79 Å². The summed E-state index contributed by atoms with van der Waals surface area (Å²) < 4.78 is 5.08. The van der Waals surface area contributed by atoms with E-state index in [1.807, 2.05) is 0 Å². The van der Waals surface area contributed by atoms with E-state index in [0.717, 1.165) is 0 Å². The third-order valence-electron chi connectivity index (χ3n) is 1.83. The van der Waals surface area contributed by atoms with Crippen LogP contribution in [-0.4, -0.2) is 23.8 Å². The number of benzene rings is 1. The Hall–Kier alpha value is -1.55. The largest absolute Gasteiger partial charge is 0.459 e. The van der Waals surface area contributed by atoms with Crippen LogP contribution >= 0.6 is 11.6 Å². The lowest BCUT2D eigenvalue weighted by Gasteiger charge is -2.08. The van der Waals surface area contributed by atoms with Gasteiger partial charge in [-0.05, 0) is 32.0 Å². The molecule has 0 aliphatic carbocycles. The molecule has 0 aliphatic rings. The molecule has 0 fully saturated rings. The van der Waals surface area contributed by atoms with Crippen molar-refractivity contribution in [2.75, 3.05) is 5.88 Å². The van der Waals surface area contributed by atoms with Gasteiger partial charge in [0, 0.05) is 0 Å². The Kier molecular flexibility index (Phi) is 4.97. The first kappa shape index (κ1) is 13.5. The lowest BCUT2D eigenvalue weighted by molar-refractivity contribution is 0.0378. The summed E-state index contributed by atoms with van der Waals surface area (Å²) in [5.74, 6) is 0.0863. The molecule has 1 rings (SSSR count). The number of hydrogen-bond donors (Lipinski definition) is 1. The van der Waals surface area contributed by atoms with Crippen LogP contribution < -0.4 is 5.73 Å². The first-order valence-electron chi connectivity index (χ1n) is 5.23. The Labute approximate surface area is 105 Å². The molecule has 0 spiro atoms. The van der Waals surface area contributed by atoms with E-state index in [1.54, 1.807) is 38.1 Å². The highest BCUT2D eigenvalue weighted by Gasteiger charge is 2.09. The number of esters is 1. The molecule has 0 amide bonds. The van der Waals surface area contributed by atoms with Crippen molar-refractivity contribution in [1.82, 2.24) is 0 Å². The van der Waals surface area contributed by atoms with Gasteiger partial charge in [-0.3, -0.25) is 0 Å². The number of aliphatic imine (C=N–C) groups is 1. The highest BCUT2D eigenvalue weighted by Crippen LogP contribution is 2.15. The number of halogens is 1. The molecule has 0 heterocycles. The maximum atomic E-state index is 11.6. The van der Waals surface area contributed by atoms with Crippen molar-refractivity contribution in [3.8, 4) is 0 Å². The van der Waals surface area contributed by atoms with E-state index in [-0.39, 0.29) is 18.0 Å². The Morgan fingerprint density at radius 2 is 2.24 bits per heavy atom. The number of hydrogen-bond acceptors (Lipinski definition) is 3. The smallest absolute Gasteiger partial charge is 0.338 e. The van der Waals surface area contributed by atoms with Crippen molar-refractivity contribution < 1.29 is 9.53 Å². The van der Waals surface area contributed by atoms with Crippen molar-refractivity contribution in [1.29, 1.82) is 0 Å².